The van der Waals surface area contributed by atoms with E-state index >= 15 is 0 Å². The van der Waals surface area contributed by atoms with Crippen LogP contribution in [-0.2, 0) is 20.5 Å². The number of rotatable bonds is 3. The monoisotopic (exact) mass is 423 g/mol. The predicted octanol–water partition coefficient (Wildman–Crippen LogP) is 3.88. The van der Waals surface area contributed by atoms with Gasteiger partial charge in [-0.25, -0.2) is 8.78 Å². The average Bonchev–Trinajstić information content (AvgIpc) is 3.27. The van der Waals surface area contributed by atoms with Crippen LogP contribution in [0.4, 0.5) is 8.78 Å². The Morgan fingerprint density at radius 3 is 2.48 bits per heavy atom. The first-order valence-electron chi connectivity index (χ1n) is 10.8. The largest absolute Gasteiger partial charge is 0.327 e. The van der Waals surface area contributed by atoms with Crippen LogP contribution in [-0.4, -0.2) is 36.4 Å². The van der Waals surface area contributed by atoms with Crippen LogP contribution in [0.15, 0.2) is 24.4 Å². The summed E-state index contributed by atoms with van der Waals surface area (Å²) in [5, 5.41) is 9.09. The molecular weight excluding hydrogens is 400 g/mol. The zero-order chi connectivity index (χ0) is 21.4. The van der Waals surface area contributed by atoms with Crippen LogP contribution < -0.4 is 0 Å². The topological polar surface area (TPSA) is 56.0 Å². The molecule has 6 rings (SSSR count). The van der Waals surface area contributed by atoms with Crippen molar-refractivity contribution in [2.24, 2.45) is 14.1 Å². The summed E-state index contributed by atoms with van der Waals surface area (Å²) in [4.78, 5) is 15.6. The van der Waals surface area contributed by atoms with Crippen molar-refractivity contribution in [2.75, 3.05) is 0 Å². The molecule has 31 heavy (non-hydrogen) atoms. The van der Waals surface area contributed by atoms with E-state index in [-0.39, 0.29) is 18.0 Å². The number of nitrogens with zero attached hydrogens (tertiary/aromatic N) is 5. The quantitative estimate of drug-likeness (QED) is 0.643. The second-order valence-corrected chi connectivity index (χ2v) is 9.00. The first-order valence-corrected chi connectivity index (χ1v) is 10.8. The van der Waals surface area contributed by atoms with Gasteiger partial charge in [0.1, 0.15) is 11.6 Å². The molecule has 0 radical (unpaired) electrons. The summed E-state index contributed by atoms with van der Waals surface area (Å²) in [5.41, 5.74) is 4.80. The van der Waals surface area contributed by atoms with Gasteiger partial charge in [0.05, 0.1) is 34.9 Å². The van der Waals surface area contributed by atoms with Crippen LogP contribution in [0.1, 0.15) is 65.0 Å². The lowest BCUT2D eigenvalue weighted by Crippen LogP contribution is -2.42. The van der Waals surface area contributed by atoms with E-state index in [4.69, 9.17) is 5.10 Å². The lowest BCUT2D eigenvalue weighted by atomic mass is 9.94. The number of aryl methyl sites for hydroxylation is 2. The fourth-order valence-corrected chi connectivity index (χ4v) is 5.60. The molecular formula is C23H23F2N5O. The number of carbonyl (C=O) groups is 1. The van der Waals surface area contributed by atoms with Gasteiger partial charge in [0.2, 0.25) is 0 Å². The van der Waals surface area contributed by atoms with Gasteiger partial charge in [-0.05, 0) is 44.2 Å². The molecule has 2 atom stereocenters. The van der Waals surface area contributed by atoms with Crippen molar-refractivity contribution >= 4 is 5.91 Å². The number of carbonyl (C=O) groups excluding carboxylic acids is 1. The van der Waals surface area contributed by atoms with E-state index in [1.54, 1.807) is 17.9 Å². The molecule has 0 unspecified atom stereocenters. The molecule has 8 heteroatoms. The van der Waals surface area contributed by atoms with Crippen molar-refractivity contribution < 1.29 is 13.6 Å². The number of aromatic nitrogens is 4. The Hall–Kier alpha value is -3.03. The van der Waals surface area contributed by atoms with Crippen molar-refractivity contribution in [2.45, 2.75) is 50.1 Å². The molecule has 1 aromatic carbocycles. The normalized spacial score (nSPS) is 22.1. The van der Waals surface area contributed by atoms with Gasteiger partial charge in [-0.1, -0.05) is 0 Å². The molecule has 0 N–H and O–H groups in total. The van der Waals surface area contributed by atoms with Gasteiger partial charge in [-0.15, -0.1) is 0 Å². The van der Waals surface area contributed by atoms with Gasteiger partial charge in [0, 0.05) is 43.2 Å². The molecule has 0 spiro atoms. The summed E-state index contributed by atoms with van der Waals surface area (Å²) in [5.74, 6) is -0.764. The average molecular weight is 423 g/mol. The molecule has 160 valence electrons. The molecule has 4 heterocycles. The lowest BCUT2D eigenvalue weighted by Gasteiger charge is -2.34. The number of hydrogen-bond acceptors (Lipinski definition) is 3. The highest BCUT2D eigenvalue weighted by Gasteiger charge is 2.47. The van der Waals surface area contributed by atoms with Gasteiger partial charge >= 0.3 is 0 Å². The maximum Gasteiger partial charge on any atom is 0.258 e. The van der Waals surface area contributed by atoms with Crippen LogP contribution in [0.3, 0.4) is 0 Å². The zero-order valence-corrected chi connectivity index (χ0v) is 17.5. The highest BCUT2D eigenvalue weighted by atomic mass is 19.1. The second kappa shape index (κ2) is 6.48. The van der Waals surface area contributed by atoms with Crippen LogP contribution >= 0.6 is 0 Å². The first-order chi connectivity index (χ1) is 14.9. The third kappa shape index (κ3) is 2.77. The Morgan fingerprint density at radius 1 is 1.03 bits per heavy atom. The minimum atomic E-state index is -0.607. The third-order valence-corrected chi connectivity index (χ3v) is 6.98. The molecule has 1 saturated heterocycles. The van der Waals surface area contributed by atoms with Crippen LogP contribution in [0.5, 0.6) is 0 Å². The van der Waals surface area contributed by atoms with Crippen molar-refractivity contribution in [1.82, 2.24) is 24.5 Å². The summed E-state index contributed by atoms with van der Waals surface area (Å²) < 4.78 is 31.3. The maximum atomic E-state index is 13.9. The minimum absolute atomic E-state index is 0.0251. The van der Waals surface area contributed by atoms with Gasteiger partial charge in [-0.3, -0.25) is 14.2 Å². The lowest BCUT2D eigenvalue weighted by molar-refractivity contribution is 0.0641. The smallest absolute Gasteiger partial charge is 0.258 e. The molecule has 1 saturated carbocycles. The van der Waals surface area contributed by atoms with Gasteiger partial charge in [-0.2, -0.15) is 10.2 Å². The highest BCUT2D eigenvalue weighted by Crippen LogP contribution is 2.48. The molecule has 2 bridgehead atoms. The summed E-state index contributed by atoms with van der Waals surface area (Å²) in [6, 6.07) is 3.50. The Labute approximate surface area is 178 Å². The second-order valence-electron chi connectivity index (χ2n) is 9.00. The Balaban J connectivity index is 1.41. The van der Waals surface area contributed by atoms with Crippen LogP contribution in [0, 0.1) is 11.6 Å². The van der Waals surface area contributed by atoms with E-state index in [1.807, 2.05) is 16.6 Å². The molecule has 1 aliphatic carbocycles. The van der Waals surface area contributed by atoms with Crippen LogP contribution in [0.2, 0.25) is 0 Å². The minimum Gasteiger partial charge on any atom is -0.327 e. The van der Waals surface area contributed by atoms with E-state index in [9.17, 15) is 13.6 Å². The van der Waals surface area contributed by atoms with Crippen molar-refractivity contribution in [1.29, 1.82) is 0 Å². The predicted molar refractivity (Wildman–Crippen MR) is 109 cm³/mol. The molecule has 2 fully saturated rings. The standard InChI is InChI=1S/C23H23F2N5O/c1-28-21(12-3-4-12)18(11-26-28)23(31)30-16-5-6-19(30)20-17(10-16)22(29(2)27-20)13-7-14(24)9-15(25)8-13/h7-9,11-12,16,19H,3-6,10H2,1-2H3/t16-,19+/m1/s1. The third-order valence-electron chi connectivity index (χ3n) is 6.98. The van der Waals surface area contributed by atoms with E-state index in [2.05, 4.69) is 5.10 Å². The van der Waals surface area contributed by atoms with Crippen molar-refractivity contribution in [3.8, 4) is 11.3 Å². The molecule has 6 nitrogen and oxygen atoms in total. The SMILES string of the molecule is Cn1nc2c(c1-c1cc(F)cc(F)c1)C[C@H]1CC[C@@H]2N1C(=O)c1cnn(C)c1C1CC1. The number of hydrogen-bond donors (Lipinski definition) is 0. The Kier molecular flexibility index (Phi) is 3.91. The number of benzene rings is 1. The van der Waals surface area contributed by atoms with E-state index < -0.39 is 11.6 Å². The van der Waals surface area contributed by atoms with E-state index in [1.165, 1.54) is 12.1 Å². The number of halogens is 2. The fraction of sp³-hybridized carbons (Fsp3) is 0.435. The first kappa shape index (κ1) is 18.7. The van der Waals surface area contributed by atoms with Crippen LogP contribution in [0.25, 0.3) is 11.3 Å². The van der Waals surface area contributed by atoms with Crippen molar-refractivity contribution in [3.05, 3.63) is 58.5 Å². The number of fused-ring (bicyclic) bond motifs is 4. The highest BCUT2D eigenvalue weighted by molar-refractivity contribution is 5.96. The van der Waals surface area contributed by atoms with Gasteiger partial charge in [0.25, 0.3) is 5.91 Å². The molecule has 2 aliphatic heterocycles. The fourth-order valence-electron chi connectivity index (χ4n) is 5.60. The molecule has 1 amide bonds. The van der Waals surface area contributed by atoms with E-state index in [0.29, 0.717) is 23.5 Å². The zero-order valence-electron chi connectivity index (χ0n) is 17.5. The Morgan fingerprint density at radius 2 is 1.77 bits per heavy atom. The van der Waals surface area contributed by atoms with Gasteiger partial charge in [0.15, 0.2) is 0 Å². The summed E-state index contributed by atoms with van der Waals surface area (Å²) in [6.45, 7) is 0. The molecule has 3 aromatic rings. The summed E-state index contributed by atoms with van der Waals surface area (Å²) >= 11 is 0. The molecule has 2 aromatic heterocycles. The van der Waals surface area contributed by atoms with E-state index in [0.717, 1.165) is 54.4 Å². The van der Waals surface area contributed by atoms with Crippen molar-refractivity contribution in [3.63, 3.8) is 0 Å². The molecule has 3 aliphatic rings. The number of amides is 1. The maximum absolute atomic E-state index is 13.9. The Bertz CT molecular complexity index is 1200. The van der Waals surface area contributed by atoms with Gasteiger partial charge < -0.3 is 4.90 Å². The summed E-state index contributed by atoms with van der Waals surface area (Å²) in [6.07, 6.45) is 6.28. The summed E-state index contributed by atoms with van der Waals surface area (Å²) in [7, 11) is 3.69.